The van der Waals surface area contributed by atoms with Gasteiger partial charge >= 0.3 is 0 Å². The number of nitrogens with two attached hydrogens (primary N) is 1. The molecule has 15 heavy (non-hydrogen) atoms. The molecule has 6 nitrogen and oxygen atoms in total. The molecule has 2 rings (SSSR count). The van der Waals surface area contributed by atoms with E-state index in [1.165, 1.54) is 0 Å². The van der Waals surface area contributed by atoms with Gasteiger partial charge in [-0.3, -0.25) is 0 Å². The quantitative estimate of drug-likeness (QED) is 0.777. The highest BCUT2D eigenvalue weighted by molar-refractivity contribution is 5.28. The Hall–Kier alpha value is -1.14. The fourth-order valence-electron chi connectivity index (χ4n) is 1.44. The number of ether oxygens (including phenoxy) is 1. The van der Waals surface area contributed by atoms with Crippen LogP contribution in [0.2, 0.25) is 0 Å². The second-order valence-electron chi connectivity index (χ2n) is 3.55. The van der Waals surface area contributed by atoms with Crippen molar-refractivity contribution >= 4 is 5.95 Å². The van der Waals surface area contributed by atoms with E-state index in [2.05, 4.69) is 10.1 Å². The van der Waals surface area contributed by atoms with Gasteiger partial charge in [0.05, 0.1) is 19.3 Å². The van der Waals surface area contributed by atoms with Gasteiger partial charge in [-0.15, -0.1) is 0 Å². The second kappa shape index (κ2) is 4.59. The first kappa shape index (κ1) is 10.4. The largest absolute Gasteiger partial charge is 0.378 e. The summed E-state index contributed by atoms with van der Waals surface area (Å²) in [5.74, 6) is 1.14. The molecule has 0 bridgehead atoms. The number of morpholine rings is 1. The highest BCUT2D eigenvalue weighted by Gasteiger charge is 2.19. The van der Waals surface area contributed by atoms with Crippen molar-refractivity contribution in [2.24, 2.45) is 5.73 Å². The molecule has 0 saturated carbocycles. The fourth-order valence-corrected chi connectivity index (χ4v) is 1.44. The summed E-state index contributed by atoms with van der Waals surface area (Å²) >= 11 is 0. The van der Waals surface area contributed by atoms with E-state index in [0.717, 1.165) is 19.5 Å². The van der Waals surface area contributed by atoms with E-state index in [-0.39, 0.29) is 6.04 Å². The molecule has 1 aromatic heterocycles. The summed E-state index contributed by atoms with van der Waals surface area (Å²) in [6.07, 6.45) is 0.796. The molecule has 84 valence electrons. The Morgan fingerprint density at radius 1 is 1.47 bits per heavy atom. The molecule has 2 N–H and O–H groups in total. The summed E-state index contributed by atoms with van der Waals surface area (Å²) in [5.41, 5.74) is 5.80. The van der Waals surface area contributed by atoms with Crippen LogP contribution in [0.25, 0.3) is 0 Å². The average Bonchev–Trinajstić information content (AvgIpc) is 2.78. The first-order valence-electron chi connectivity index (χ1n) is 5.23. The summed E-state index contributed by atoms with van der Waals surface area (Å²) in [6.45, 7) is 5.03. The van der Waals surface area contributed by atoms with Gasteiger partial charge in [-0.25, -0.2) is 0 Å². The Morgan fingerprint density at radius 3 is 2.87 bits per heavy atom. The molecule has 0 radical (unpaired) electrons. The molecule has 1 aliphatic rings. The van der Waals surface area contributed by atoms with Gasteiger partial charge in [0.15, 0.2) is 0 Å². The third kappa shape index (κ3) is 2.27. The smallest absolute Gasteiger partial charge is 0.266 e. The summed E-state index contributed by atoms with van der Waals surface area (Å²) < 4.78 is 10.3. The first-order chi connectivity index (χ1) is 7.31. The molecule has 2 heterocycles. The number of nitrogens with zero attached hydrogens (tertiary/aromatic N) is 3. The molecule has 0 aliphatic carbocycles. The minimum atomic E-state index is -0.160. The SMILES string of the molecule is CCC(N)c1nc(N2CCOCC2)no1. The predicted molar refractivity (Wildman–Crippen MR) is 54.5 cm³/mol. The van der Waals surface area contributed by atoms with Crippen LogP contribution in [0.4, 0.5) is 5.95 Å². The molecular formula is C9H16N4O2. The van der Waals surface area contributed by atoms with Gasteiger partial charge < -0.3 is 19.9 Å². The number of hydrogen-bond acceptors (Lipinski definition) is 6. The lowest BCUT2D eigenvalue weighted by Gasteiger charge is -2.24. The standard InChI is InChI=1S/C9H16N4O2/c1-2-7(10)8-11-9(12-15-8)13-3-5-14-6-4-13/h7H,2-6,10H2,1H3. The zero-order valence-electron chi connectivity index (χ0n) is 8.85. The van der Waals surface area contributed by atoms with Crippen LogP contribution >= 0.6 is 0 Å². The molecule has 1 saturated heterocycles. The number of aromatic nitrogens is 2. The fraction of sp³-hybridized carbons (Fsp3) is 0.778. The predicted octanol–water partition coefficient (Wildman–Crippen LogP) is 0.316. The van der Waals surface area contributed by atoms with Gasteiger partial charge in [0.2, 0.25) is 5.89 Å². The van der Waals surface area contributed by atoms with Crippen LogP contribution in [-0.4, -0.2) is 36.4 Å². The van der Waals surface area contributed by atoms with Crippen molar-refractivity contribution < 1.29 is 9.26 Å². The Morgan fingerprint density at radius 2 is 2.20 bits per heavy atom. The maximum Gasteiger partial charge on any atom is 0.266 e. The summed E-state index contributed by atoms with van der Waals surface area (Å²) in [6, 6.07) is -0.160. The van der Waals surface area contributed by atoms with Gasteiger partial charge in [-0.05, 0) is 11.6 Å². The van der Waals surface area contributed by atoms with E-state index in [1.54, 1.807) is 0 Å². The summed E-state index contributed by atoms with van der Waals surface area (Å²) in [5, 5.41) is 3.91. The van der Waals surface area contributed by atoms with Crippen molar-refractivity contribution in [3.8, 4) is 0 Å². The van der Waals surface area contributed by atoms with Crippen molar-refractivity contribution in [1.29, 1.82) is 0 Å². The molecule has 0 spiro atoms. The monoisotopic (exact) mass is 212 g/mol. The Bertz CT molecular complexity index is 309. The zero-order chi connectivity index (χ0) is 10.7. The van der Waals surface area contributed by atoms with Gasteiger partial charge in [-0.1, -0.05) is 6.92 Å². The van der Waals surface area contributed by atoms with Crippen molar-refractivity contribution in [3.05, 3.63) is 5.89 Å². The topological polar surface area (TPSA) is 77.4 Å². The lowest BCUT2D eigenvalue weighted by molar-refractivity contribution is 0.121. The maximum absolute atomic E-state index is 5.80. The number of anilines is 1. The molecule has 0 aromatic carbocycles. The van der Waals surface area contributed by atoms with E-state index in [1.807, 2.05) is 11.8 Å². The molecule has 1 atom stereocenters. The molecule has 1 fully saturated rings. The van der Waals surface area contributed by atoms with Crippen LogP contribution in [0, 0.1) is 0 Å². The summed E-state index contributed by atoms with van der Waals surface area (Å²) in [7, 11) is 0. The first-order valence-corrected chi connectivity index (χ1v) is 5.23. The molecule has 1 aliphatic heterocycles. The maximum atomic E-state index is 5.80. The molecule has 6 heteroatoms. The van der Waals surface area contributed by atoms with Crippen LogP contribution in [0.1, 0.15) is 25.3 Å². The van der Waals surface area contributed by atoms with Crippen molar-refractivity contribution in [3.63, 3.8) is 0 Å². The Labute approximate surface area is 88.4 Å². The van der Waals surface area contributed by atoms with Gasteiger partial charge in [0.25, 0.3) is 5.95 Å². The molecular weight excluding hydrogens is 196 g/mol. The van der Waals surface area contributed by atoms with Crippen LogP contribution in [-0.2, 0) is 4.74 Å². The highest BCUT2D eigenvalue weighted by Crippen LogP contribution is 2.16. The molecule has 1 aromatic rings. The van der Waals surface area contributed by atoms with Crippen molar-refractivity contribution in [2.45, 2.75) is 19.4 Å². The van der Waals surface area contributed by atoms with E-state index in [4.69, 9.17) is 15.0 Å². The van der Waals surface area contributed by atoms with Crippen LogP contribution in [0.5, 0.6) is 0 Å². The zero-order valence-corrected chi connectivity index (χ0v) is 8.85. The van der Waals surface area contributed by atoms with E-state index >= 15 is 0 Å². The lowest BCUT2D eigenvalue weighted by Crippen LogP contribution is -2.36. The van der Waals surface area contributed by atoms with E-state index in [0.29, 0.717) is 25.1 Å². The minimum Gasteiger partial charge on any atom is -0.378 e. The normalized spacial score (nSPS) is 19.2. The van der Waals surface area contributed by atoms with E-state index < -0.39 is 0 Å². The summed E-state index contributed by atoms with van der Waals surface area (Å²) in [4.78, 5) is 6.31. The van der Waals surface area contributed by atoms with Crippen LogP contribution in [0.3, 0.4) is 0 Å². The second-order valence-corrected chi connectivity index (χ2v) is 3.55. The third-order valence-corrected chi connectivity index (χ3v) is 2.48. The highest BCUT2D eigenvalue weighted by atomic mass is 16.5. The average molecular weight is 212 g/mol. The molecule has 1 unspecified atom stereocenters. The molecule has 0 amide bonds. The van der Waals surface area contributed by atoms with Crippen molar-refractivity contribution in [1.82, 2.24) is 10.1 Å². The van der Waals surface area contributed by atoms with Crippen LogP contribution < -0.4 is 10.6 Å². The third-order valence-electron chi connectivity index (χ3n) is 2.48. The van der Waals surface area contributed by atoms with Gasteiger partial charge in [-0.2, -0.15) is 4.98 Å². The number of hydrogen-bond donors (Lipinski definition) is 1. The van der Waals surface area contributed by atoms with Crippen LogP contribution in [0.15, 0.2) is 4.52 Å². The Balaban J connectivity index is 2.05. The van der Waals surface area contributed by atoms with Crippen molar-refractivity contribution in [2.75, 3.05) is 31.2 Å². The Kier molecular flexibility index (Phi) is 3.17. The van der Waals surface area contributed by atoms with E-state index in [9.17, 15) is 0 Å². The number of rotatable bonds is 3. The van der Waals surface area contributed by atoms with Gasteiger partial charge in [0.1, 0.15) is 0 Å². The van der Waals surface area contributed by atoms with Gasteiger partial charge in [0, 0.05) is 13.1 Å². The minimum absolute atomic E-state index is 0.160. The lowest BCUT2D eigenvalue weighted by atomic mass is 10.2.